The number of rotatable bonds is 28. The number of likely N-dealkylation sites (tertiary alicyclic amines) is 2. The number of carboxylic acids is 1. The summed E-state index contributed by atoms with van der Waals surface area (Å²) in [6.45, 7) is 31.2. The normalized spacial score (nSPS) is 16.9. The summed E-state index contributed by atoms with van der Waals surface area (Å²) in [4.78, 5) is 58.0. The van der Waals surface area contributed by atoms with Crippen LogP contribution in [-0.2, 0) is 33.3 Å². The number of aliphatic carboxylic acids is 1. The molecular formula is C54H97N7O9S. The van der Waals surface area contributed by atoms with Crippen molar-refractivity contribution in [2.45, 2.75) is 171 Å². The van der Waals surface area contributed by atoms with Crippen LogP contribution < -0.4 is 16.0 Å². The van der Waals surface area contributed by atoms with Gasteiger partial charge < -0.3 is 49.3 Å². The molecule has 408 valence electrons. The molecular weight excluding hydrogens is 923 g/mol. The molecule has 3 rings (SSSR count). The Labute approximate surface area is 433 Å². The summed E-state index contributed by atoms with van der Waals surface area (Å²) in [5.74, 6) is -0.189. The largest absolute Gasteiger partial charge is 0.505 e. The van der Waals surface area contributed by atoms with E-state index in [0.29, 0.717) is 57.0 Å². The standard InChI is InChI=1S/C19H36N2O3.C18H27N3O2S.C13H22N2O4.2C2H6/c1-4-5-6-7-8-10-16(2)18(19(22)23)20-15-24-14-12-17-11-9-13-21(17)3;1-7-8-16(14(4)23-6)17(9-10-22-5)19-11-15-12-24-18(21-15)20-13(2)3;1-13(2,3)10(19-12(18)14-6-8-16)9-15-7-4-5-11(15)17;2*1-2/h8,10,16-18,20H,4-7,9,11-15H2,1-3H3,(H,22,23);7-13,16-17H,4H2,1-3,5-6H3,(H,20,21);8,10H,4-7,9H2,1-3H3,(H,14,18);2*1-2H3/b10-8-;8-7-,10-9+,19-11?;;;/t16?,17-,18?;;;;/m0..../s1. The van der Waals surface area contributed by atoms with E-state index in [1.54, 1.807) is 42.9 Å². The molecule has 0 saturated carbocycles. The number of methoxy groups -OCH3 is 2. The zero-order valence-corrected chi connectivity index (χ0v) is 47.3. The molecule has 3 heterocycles. The molecule has 71 heavy (non-hydrogen) atoms. The number of nitrogens with zero attached hydrogens (tertiary/aromatic N) is 4. The van der Waals surface area contributed by atoms with E-state index in [2.05, 4.69) is 71.3 Å². The highest BCUT2D eigenvalue weighted by Crippen LogP contribution is 2.26. The van der Waals surface area contributed by atoms with Gasteiger partial charge in [0.05, 0.1) is 63.7 Å². The predicted molar refractivity (Wildman–Crippen MR) is 293 cm³/mol. The quantitative estimate of drug-likeness (QED) is 0.0155. The third kappa shape index (κ3) is 31.5. The summed E-state index contributed by atoms with van der Waals surface area (Å²) in [7, 11) is 5.38. The summed E-state index contributed by atoms with van der Waals surface area (Å²) in [5.41, 5.74) is 0.544. The van der Waals surface area contributed by atoms with Gasteiger partial charge >= 0.3 is 12.1 Å². The van der Waals surface area contributed by atoms with E-state index in [0.717, 1.165) is 30.1 Å². The number of aldehydes is 1. The molecule has 0 bridgehead atoms. The number of amides is 2. The molecule has 1 aromatic heterocycles. The highest BCUT2D eigenvalue weighted by molar-refractivity contribution is 7.13. The molecule has 5 unspecified atom stereocenters. The maximum Gasteiger partial charge on any atom is 0.407 e. The Morgan fingerprint density at radius 2 is 1.77 bits per heavy atom. The van der Waals surface area contributed by atoms with Gasteiger partial charge in [0.15, 0.2) is 5.13 Å². The van der Waals surface area contributed by atoms with Crippen molar-refractivity contribution >= 4 is 46.9 Å². The van der Waals surface area contributed by atoms with Gasteiger partial charge in [0, 0.05) is 54.6 Å². The first-order valence-electron chi connectivity index (χ1n) is 25.8. The van der Waals surface area contributed by atoms with Crippen molar-refractivity contribution < 1.29 is 43.2 Å². The van der Waals surface area contributed by atoms with Crippen LogP contribution in [0.15, 0.2) is 59.4 Å². The van der Waals surface area contributed by atoms with Crippen LogP contribution in [-0.4, -0.2) is 141 Å². The lowest BCUT2D eigenvalue weighted by molar-refractivity contribution is -0.141. The number of nitrogens with one attached hydrogen (secondary N) is 3. The minimum absolute atomic E-state index is 0.0475. The number of allylic oxidation sites excluding steroid dienone is 2. The van der Waals surface area contributed by atoms with Crippen LogP contribution >= 0.6 is 11.3 Å². The second-order valence-corrected chi connectivity index (χ2v) is 19.0. The number of carbonyl (C=O) groups is 4. The van der Waals surface area contributed by atoms with Crippen molar-refractivity contribution in [3.63, 3.8) is 0 Å². The van der Waals surface area contributed by atoms with E-state index in [1.807, 2.05) is 92.0 Å². The van der Waals surface area contributed by atoms with Gasteiger partial charge in [-0.15, -0.1) is 11.3 Å². The Morgan fingerprint density at radius 3 is 2.31 bits per heavy atom. The number of carbonyl (C=O) groups excluding carboxylic acids is 3. The fraction of sp³-hybridized carbons (Fsp3) is 0.704. The number of anilines is 1. The lowest BCUT2D eigenvalue weighted by Gasteiger charge is -2.33. The molecule has 0 aliphatic carbocycles. The molecule has 0 aromatic carbocycles. The highest BCUT2D eigenvalue weighted by atomic mass is 32.1. The fourth-order valence-corrected chi connectivity index (χ4v) is 7.90. The average molecular weight is 1020 g/mol. The van der Waals surface area contributed by atoms with Gasteiger partial charge in [-0.05, 0) is 79.0 Å². The maximum atomic E-state index is 11.6. The van der Waals surface area contributed by atoms with Crippen LogP contribution in [0.5, 0.6) is 0 Å². The second-order valence-electron chi connectivity index (χ2n) is 18.1. The van der Waals surface area contributed by atoms with Gasteiger partial charge in [-0.2, -0.15) is 0 Å². The van der Waals surface area contributed by atoms with Crippen LogP contribution in [0, 0.1) is 17.3 Å². The minimum atomic E-state index is -0.820. The summed E-state index contributed by atoms with van der Waals surface area (Å²) < 4.78 is 21.3. The molecule has 2 saturated heterocycles. The van der Waals surface area contributed by atoms with E-state index in [1.165, 1.54) is 38.6 Å². The van der Waals surface area contributed by atoms with E-state index in [9.17, 15) is 24.3 Å². The topological polar surface area (TPSA) is 193 Å². The number of carboxylic acid groups (broad SMARTS) is 1. The first-order valence-corrected chi connectivity index (χ1v) is 26.7. The van der Waals surface area contributed by atoms with Gasteiger partial charge in [0.1, 0.15) is 18.4 Å². The molecule has 0 radical (unpaired) electrons. The molecule has 2 amide bonds. The number of hydrogen-bond acceptors (Lipinski definition) is 14. The van der Waals surface area contributed by atoms with Crippen molar-refractivity contribution in [2.24, 2.45) is 22.2 Å². The zero-order chi connectivity index (χ0) is 54.2. The Bertz CT molecular complexity index is 1690. The Hall–Kier alpha value is -4.58. The molecule has 6 atom stereocenters. The van der Waals surface area contributed by atoms with Crippen LogP contribution in [0.4, 0.5) is 9.93 Å². The molecule has 17 heteroatoms. The Kier molecular flexibility index (Phi) is 40.5. The number of aromatic nitrogens is 1. The fourth-order valence-electron chi connectivity index (χ4n) is 7.09. The van der Waals surface area contributed by atoms with Crippen LogP contribution in [0.3, 0.4) is 0 Å². The van der Waals surface area contributed by atoms with E-state index < -0.39 is 24.2 Å². The maximum absolute atomic E-state index is 11.6. The number of aliphatic imine (C=N–C) groups is 1. The monoisotopic (exact) mass is 1020 g/mol. The highest BCUT2D eigenvalue weighted by Gasteiger charge is 2.33. The van der Waals surface area contributed by atoms with Gasteiger partial charge in [0.2, 0.25) is 5.91 Å². The van der Waals surface area contributed by atoms with E-state index in [-0.39, 0.29) is 35.7 Å². The van der Waals surface area contributed by atoms with E-state index >= 15 is 0 Å². The second kappa shape index (κ2) is 42.0. The van der Waals surface area contributed by atoms with Crippen molar-refractivity contribution in [3.8, 4) is 0 Å². The Morgan fingerprint density at radius 1 is 1.07 bits per heavy atom. The molecule has 2 aliphatic heterocycles. The van der Waals surface area contributed by atoms with Gasteiger partial charge in [-0.25, -0.2) is 9.78 Å². The van der Waals surface area contributed by atoms with E-state index in [4.69, 9.17) is 18.9 Å². The van der Waals surface area contributed by atoms with Crippen molar-refractivity contribution in [1.82, 2.24) is 25.4 Å². The lowest BCUT2D eigenvalue weighted by atomic mass is 9.88. The summed E-state index contributed by atoms with van der Waals surface area (Å²) in [6, 6.07) is 0.186. The SMILES string of the molecule is C=C(OC)C(/C=C\C)C(/C=C/OC)N=Cc1csc(NC(C)C)n1.CC.CC.CC(C)(C)C(CN1CCCC1=O)OC(=O)NCC=O.CCCCC/C=C\C(C)C(NCOCC[C@@H]1CCCN1C)C(=O)O. The van der Waals surface area contributed by atoms with Gasteiger partial charge in [-0.3, -0.25) is 19.9 Å². The number of ether oxygens (including phenoxy) is 4. The molecule has 0 spiro atoms. The van der Waals surface area contributed by atoms with Crippen molar-refractivity contribution in [2.75, 3.05) is 66.1 Å². The Balaban J connectivity index is 0. The number of alkyl carbamates (subject to hydrolysis) is 1. The number of hydrogen-bond donors (Lipinski definition) is 4. The molecule has 2 fully saturated rings. The predicted octanol–water partition coefficient (Wildman–Crippen LogP) is 10.5. The average Bonchev–Trinajstić information content (AvgIpc) is 4.09. The van der Waals surface area contributed by atoms with Crippen molar-refractivity contribution in [3.05, 3.63) is 60.1 Å². The van der Waals surface area contributed by atoms with Crippen molar-refractivity contribution in [1.29, 1.82) is 0 Å². The molecule has 2 aliphatic rings. The van der Waals surface area contributed by atoms with Crippen LogP contribution in [0.25, 0.3) is 0 Å². The summed E-state index contributed by atoms with van der Waals surface area (Å²) in [6.07, 6.45) is 22.5. The van der Waals surface area contributed by atoms with Gasteiger partial charge in [0.25, 0.3) is 0 Å². The van der Waals surface area contributed by atoms with Crippen LogP contribution in [0.2, 0.25) is 0 Å². The third-order valence-electron chi connectivity index (χ3n) is 11.1. The zero-order valence-electron chi connectivity index (χ0n) is 46.5. The minimum Gasteiger partial charge on any atom is -0.505 e. The van der Waals surface area contributed by atoms with Gasteiger partial charge in [-0.1, -0.05) is 106 Å². The summed E-state index contributed by atoms with van der Waals surface area (Å²) >= 11 is 1.56. The number of unbranched alkanes of at least 4 members (excludes halogenated alkanes) is 3. The molecule has 1 aromatic rings. The first-order chi connectivity index (χ1) is 33.9. The third-order valence-corrected chi connectivity index (χ3v) is 11.9. The number of thiazole rings is 1. The summed E-state index contributed by atoms with van der Waals surface area (Å²) in [5, 5.41) is 20.9. The van der Waals surface area contributed by atoms with Crippen LogP contribution in [0.1, 0.15) is 147 Å². The first kappa shape index (κ1) is 68.5. The molecule has 16 nitrogen and oxygen atoms in total. The smallest absolute Gasteiger partial charge is 0.407 e. The lowest BCUT2D eigenvalue weighted by Crippen LogP contribution is -2.44. The molecule has 4 N–H and O–H groups in total.